The number of hydrogen-bond donors (Lipinski definition) is 1. The molecule has 0 unspecified atom stereocenters. The minimum Gasteiger partial charge on any atom is -0.379 e. The van der Waals surface area contributed by atoms with Gasteiger partial charge in [-0.15, -0.1) is 0 Å². The van der Waals surface area contributed by atoms with Crippen molar-refractivity contribution in [3.05, 3.63) is 76.7 Å². The van der Waals surface area contributed by atoms with Crippen LogP contribution in [0.4, 0.5) is 0 Å². The molecule has 1 saturated heterocycles. The van der Waals surface area contributed by atoms with Gasteiger partial charge in [0.05, 0.1) is 18.2 Å². The second-order valence-electron chi connectivity index (χ2n) is 7.82. The predicted octanol–water partition coefficient (Wildman–Crippen LogP) is 6.08. The summed E-state index contributed by atoms with van der Waals surface area (Å²) in [6.45, 7) is 4.53. The summed E-state index contributed by atoms with van der Waals surface area (Å²) in [5.74, 6) is 0. The zero-order valence-electron chi connectivity index (χ0n) is 17.1. The van der Waals surface area contributed by atoms with Gasteiger partial charge < -0.3 is 9.72 Å². The van der Waals surface area contributed by atoms with E-state index in [0.717, 1.165) is 77.4 Å². The molecule has 0 saturated carbocycles. The lowest BCUT2D eigenvalue weighted by molar-refractivity contribution is 0.0384. The average molecular weight is 452 g/mol. The molecule has 0 spiro atoms. The van der Waals surface area contributed by atoms with Gasteiger partial charge >= 0.3 is 0 Å². The number of fused-ring (bicyclic) bond motifs is 1. The second-order valence-corrected chi connectivity index (χ2v) is 8.66. The number of nitrogens with one attached hydrogen (secondary N) is 1. The zero-order chi connectivity index (χ0) is 21.2. The molecule has 0 bridgehead atoms. The smallest absolute Gasteiger partial charge is 0.0594 e. The second kappa shape index (κ2) is 9.01. The Morgan fingerprint density at radius 1 is 0.935 bits per heavy atom. The molecule has 0 amide bonds. The fraction of sp³-hybridized carbons (Fsp3) is 0.240. The maximum absolute atomic E-state index is 6.67. The van der Waals surface area contributed by atoms with Gasteiger partial charge in [0.2, 0.25) is 0 Å². The van der Waals surface area contributed by atoms with E-state index in [-0.39, 0.29) is 0 Å². The number of hydrogen-bond acceptors (Lipinski definition) is 3. The maximum Gasteiger partial charge on any atom is 0.0594 e. The van der Waals surface area contributed by atoms with E-state index in [1.165, 1.54) is 5.69 Å². The number of H-pyrrole nitrogens is 1. The molecule has 158 valence electrons. The van der Waals surface area contributed by atoms with Crippen LogP contribution in [0.2, 0.25) is 10.0 Å². The average Bonchev–Trinajstić information content (AvgIpc) is 3.18. The van der Waals surface area contributed by atoms with E-state index in [1.807, 2.05) is 48.8 Å². The number of nitrogens with zero attached hydrogens (tertiary/aromatic N) is 2. The molecular formula is C25H23Cl2N3O. The summed E-state index contributed by atoms with van der Waals surface area (Å²) in [5, 5.41) is 2.50. The molecule has 2 aromatic heterocycles. The van der Waals surface area contributed by atoms with Gasteiger partial charge in [0, 0.05) is 76.8 Å². The predicted molar refractivity (Wildman–Crippen MR) is 128 cm³/mol. The minimum absolute atomic E-state index is 0.712. The number of halogens is 2. The Morgan fingerprint density at radius 3 is 2.58 bits per heavy atom. The fourth-order valence-corrected chi connectivity index (χ4v) is 4.72. The quantitative estimate of drug-likeness (QED) is 0.399. The Kier molecular flexibility index (Phi) is 5.97. The molecule has 1 aliphatic rings. The largest absolute Gasteiger partial charge is 0.379 e. The molecule has 6 heteroatoms. The first-order valence-corrected chi connectivity index (χ1v) is 11.2. The van der Waals surface area contributed by atoms with E-state index in [4.69, 9.17) is 27.9 Å². The van der Waals surface area contributed by atoms with Crippen molar-refractivity contribution in [2.45, 2.75) is 6.42 Å². The standard InChI is InChI=1S/C25H23Cl2N3O/c26-20-4-1-3-17(14-20)18-13-19(16-28-15-18)24-23(7-8-30-9-11-31-12-10-30)29-22-6-2-5-21(27)25(22)24/h1-6,13-16,29H,7-12H2. The van der Waals surface area contributed by atoms with Crippen LogP contribution in [-0.2, 0) is 11.2 Å². The van der Waals surface area contributed by atoms with Crippen LogP contribution in [0, 0.1) is 0 Å². The number of aromatic nitrogens is 2. The van der Waals surface area contributed by atoms with Crippen LogP contribution in [0.15, 0.2) is 60.9 Å². The van der Waals surface area contributed by atoms with Crippen molar-refractivity contribution in [2.24, 2.45) is 0 Å². The van der Waals surface area contributed by atoms with Crippen molar-refractivity contribution in [3.8, 4) is 22.3 Å². The van der Waals surface area contributed by atoms with Gasteiger partial charge in [0.25, 0.3) is 0 Å². The van der Waals surface area contributed by atoms with Crippen molar-refractivity contribution >= 4 is 34.1 Å². The molecule has 31 heavy (non-hydrogen) atoms. The molecule has 4 nitrogen and oxygen atoms in total. The lowest BCUT2D eigenvalue weighted by atomic mass is 9.98. The summed E-state index contributed by atoms with van der Waals surface area (Å²) in [6, 6.07) is 16.0. The van der Waals surface area contributed by atoms with Crippen LogP contribution in [-0.4, -0.2) is 47.7 Å². The summed E-state index contributed by atoms with van der Waals surface area (Å²) in [6.07, 6.45) is 4.69. The third kappa shape index (κ3) is 4.35. The number of benzene rings is 2. The summed E-state index contributed by atoms with van der Waals surface area (Å²) >= 11 is 12.9. The summed E-state index contributed by atoms with van der Waals surface area (Å²) in [4.78, 5) is 10.6. The van der Waals surface area contributed by atoms with Gasteiger partial charge in [-0.1, -0.05) is 41.4 Å². The molecule has 4 aromatic rings. The van der Waals surface area contributed by atoms with Gasteiger partial charge in [0.15, 0.2) is 0 Å². The van der Waals surface area contributed by atoms with Crippen LogP contribution in [0.25, 0.3) is 33.2 Å². The Morgan fingerprint density at radius 2 is 1.74 bits per heavy atom. The molecule has 1 N–H and O–H groups in total. The topological polar surface area (TPSA) is 41.2 Å². The van der Waals surface area contributed by atoms with Crippen LogP contribution in [0.3, 0.4) is 0 Å². The highest BCUT2D eigenvalue weighted by Gasteiger charge is 2.18. The number of pyridine rings is 1. The van der Waals surface area contributed by atoms with E-state index in [1.54, 1.807) is 0 Å². The number of morpholine rings is 1. The van der Waals surface area contributed by atoms with Crippen LogP contribution >= 0.6 is 23.2 Å². The molecule has 0 radical (unpaired) electrons. The van der Waals surface area contributed by atoms with E-state index in [2.05, 4.69) is 27.0 Å². The third-order valence-corrected chi connectivity index (χ3v) is 6.37. The number of rotatable bonds is 5. The Bertz CT molecular complexity index is 1210. The summed E-state index contributed by atoms with van der Waals surface area (Å²) < 4.78 is 5.49. The van der Waals surface area contributed by atoms with Gasteiger partial charge in [-0.25, -0.2) is 0 Å². The van der Waals surface area contributed by atoms with Gasteiger partial charge in [-0.05, 0) is 35.9 Å². The molecular weight excluding hydrogens is 429 g/mol. The first-order chi connectivity index (χ1) is 15.2. The van der Waals surface area contributed by atoms with Crippen molar-refractivity contribution in [2.75, 3.05) is 32.8 Å². The van der Waals surface area contributed by atoms with E-state index in [9.17, 15) is 0 Å². The van der Waals surface area contributed by atoms with Crippen LogP contribution in [0.1, 0.15) is 5.69 Å². The Labute approximate surface area is 191 Å². The first kappa shape index (κ1) is 20.5. The van der Waals surface area contributed by atoms with Crippen LogP contribution < -0.4 is 0 Å². The fourth-order valence-electron chi connectivity index (χ4n) is 4.26. The molecule has 0 atom stereocenters. The Balaban J connectivity index is 1.57. The zero-order valence-corrected chi connectivity index (χ0v) is 18.6. The lowest BCUT2D eigenvalue weighted by Crippen LogP contribution is -2.37. The molecule has 0 aliphatic carbocycles. The SMILES string of the molecule is Clc1cccc(-c2cncc(-c3c(CCN4CCOCC4)[nH]c4cccc(Cl)c34)c2)c1. The van der Waals surface area contributed by atoms with Crippen molar-refractivity contribution in [3.63, 3.8) is 0 Å². The normalized spacial score (nSPS) is 14.9. The van der Waals surface area contributed by atoms with E-state index in [0.29, 0.717) is 5.02 Å². The highest BCUT2D eigenvalue weighted by atomic mass is 35.5. The van der Waals surface area contributed by atoms with Crippen molar-refractivity contribution in [1.29, 1.82) is 0 Å². The molecule has 1 aliphatic heterocycles. The highest BCUT2D eigenvalue weighted by Crippen LogP contribution is 2.38. The number of ether oxygens (including phenoxy) is 1. The maximum atomic E-state index is 6.67. The molecule has 1 fully saturated rings. The van der Waals surface area contributed by atoms with Gasteiger partial charge in [-0.2, -0.15) is 0 Å². The van der Waals surface area contributed by atoms with Gasteiger partial charge in [-0.3, -0.25) is 9.88 Å². The first-order valence-electron chi connectivity index (χ1n) is 10.5. The molecule has 5 rings (SSSR count). The monoisotopic (exact) mass is 451 g/mol. The molecule has 2 aromatic carbocycles. The minimum atomic E-state index is 0.712. The van der Waals surface area contributed by atoms with Gasteiger partial charge in [0.1, 0.15) is 0 Å². The van der Waals surface area contributed by atoms with E-state index < -0.39 is 0 Å². The number of aromatic amines is 1. The highest BCUT2D eigenvalue weighted by molar-refractivity contribution is 6.36. The van der Waals surface area contributed by atoms with E-state index >= 15 is 0 Å². The third-order valence-electron chi connectivity index (χ3n) is 5.82. The Hall–Kier alpha value is -2.37. The lowest BCUT2D eigenvalue weighted by Gasteiger charge is -2.26. The van der Waals surface area contributed by atoms with Crippen molar-refractivity contribution in [1.82, 2.24) is 14.9 Å². The summed E-state index contributed by atoms with van der Waals surface area (Å²) in [7, 11) is 0. The van der Waals surface area contributed by atoms with Crippen LogP contribution in [0.5, 0.6) is 0 Å². The molecule has 3 heterocycles. The van der Waals surface area contributed by atoms with Crippen molar-refractivity contribution < 1.29 is 4.74 Å². The summed E-state index contributed by atoms with van der Waals surface area (Å²) in [5.41, 5.74) is 6.48.